The maximum absolute atomic E-state index is 12.4. The largest absolute Gasteiger partial charge is 0.389 e. The Morgan fingerprint density at radius 2 is 1.95 bits per heavy atom. The molecular formula is C14H9BrClIN2OS. The maximum atomic E-state index is 12.4. The Morgan fingerprint density at radius 1 is 1.24 bits per heavy atom. The van der Waals surface area contributed by atoms with Gasteiger partial charge in [0.2, 0.25) is 0 Å². The fraction of sp³-hybridized carbons (Fsp3) is 0. The van der Waals surface area contributed by atoms with E-state index in [1.165, 1.54) is 0 Å². The second-order valence-corrected chi connectivity index (χ2v) is 7.09. The molecule has 0 saturated carbocycles. The van der Waals surface area contributed by atoms with E-state index in [1.54, 1.807) is 30.3 Å². The average Bonchev–Trinajstić information content (AvgIpc) is 2.41. The summed E-state index contributed by atoms with van der Waals surface area (Å²) >= 11 is 16.4. The van der Waals surface area contributed by atoms with Gasteiger partial charge in [-0.15, -0.1) is 0 Å². The number of rotatable bonds is 3. The molecule has 7 heteroatoms. The van der Waals surface area contributed by atoms with E-state index >= 15 is 0 Å². The SMILES string of the molecule is NC(=S)c1ccc(Br)cc1NC(=O)c1cc(Cl)ccc1I. The highest BCUT2D eigenvalue weighted by Gasteiger charge is 2.14. The van der Waals surface area contributed by atoms with Crippen LogP contribution in [0, 0.1) is 3.57 Å². The molecule has 2 aromatic carbocycles. The quantitative estimate of drug-likeness (QED) is 0.484. The summed E-state index contributed by atoms with van der Waals surface area (Å²) in [6.07, 6.45) is 0. The molecule has 0 atom stereocenters. The van der Waals surface area contributed by atoms with Gasteiger partial charge in [-0.1, -0.05) is 39.7 Å². The van der Waals surface area contributed by atoms with Crippen molar-refractivity contribution in [3.8, 4) is 0 Å². The van der Waals surface area contributed by atoms with Gasteiger partial charge in [0, 0.05) is 18.6 Å². The average molecular weight is 496 g/mol. The minimum atomic E-state index is -0.266. The predicted molar refractivity (Wildman–Crippen MR) is 102 cm³/mol. The Hall–Kier alpha value is -0.700. The van der Waals surface area contributed by atoms with Crippen LogP contribution in [0.3, 0.4) is 0 Å². The van der Waals surface area contributed by atoms with Crippen molar-refractivity contribution in [2.75, 3.05) is 5.32 Å². The number of hydrogen-bond donors (Lipinski definition) is 2. The van der Waals surface area contributed by atoms with Crippen molar-refractivity contribution in [3.05, 3.63) is 60.6 Å². The second-order valence-electron chi connectivity index (χ2n) is 4.13. The molecule has 0 aliphatic rings. The third kappa shape index (κ3) is 4.15. The summed E-state index contributed by atoms with van der Waals surface area (Å²) in [4.78, 5) is 12.6. The molecule has 0 unspecified atom stereocenters. The third-order valence-electron chi connectivity index (χ3n) is 2.67. The van der Waals surface area contributed by atoms with Gasteiger partial charge in [0.25, 0.3) is 5.91 Å². The number of anilines is 1. The first-order valence-electron chi connectivity index (χ1n) is 5.74. The molecule has 108 valence electrons. The van der Waals surface area contributed by atoms with Gasteiger partial charge in [0.15, 0.2) is 0 Å². The van der Waals surface area contributed by atoms with E-state index in [0.717, 1.165) is 8.04 Å². The molecule has 0 radical (unpaired) electrons. The summed E-state index contributed by atoms with van der Waals surface area (Å²) < 4.78 is 1.62. The van der Waals surface area contributed by atoms with Gasteiger partial charge in [0.05, 0.1) is 11.3 Å². The van der Waals surface area contributed by atoms with Crippen molar-refractivity contribution >= 4 is 78.9 Å². The molecule has 0 aromatic heterocycles. The number of hydrogen-bond acceptors (Lipinski definition) is 2. The molecular weight excluding hydrogens is 486 g/mol. The minimum absolute atomic E-state index is 0.221. The third-order valence-corrected chi connectivity index (χ3v) is 4.56. The summed E-state index contributed by atoms with van der Waals surface area (Å²) in [7, 11) is 0. The molecule has 0 heterocycles. The molecule has 0 aliphatic heterocycles. The van der Waals surface area contributed by atoms with Crippen molar-refractivity contribution in [2.24, 2.45) is 5.73 Å². The number of thiocarbonyl (C=S) groups is 1. The standard InChI is InChI=1S/C14H9BrClIN2OS/c15-7-1-3-9(13(18)21)12(5-7)19-14(20)10-6-8(16)2-4-11(10)17/h1-6H,(H2,18,21)(H,19,20). The second kappa shape index (κ2) is 7.04. The number of nitrogens with two attached hydrogens (primary N) is 1. The lowest BCUT2D eigenvalue weighted by Crippen LogP contribution is -2.18. The van der Waals surface area contributed by atoms with E-state index in [9.17, 15) is 4.79 Å². The fourth-order valence-electron chi connectivity index (χ4n) is 1.70. The number of halogens is 3. The Labute approximate surface area is 154 Å². The lowest BCUT2D eigenvalue weighted by atomic mass is 10.1. The summed E-state index contributed by atoms with van der Waals surface area (Å²) in [5.74, 6) is -0.266. The Bertz CT molecular complexity index is 739. The maximum Gasteiger partial charge on any atom is 0.256 e. The lowest BCUT2D eigenvalue weighted by Gasteiger charge is -2.12. The summed E-state index contributed by atoms with van der Waals surface area (Å²) in [6.45, 7) is 0. The Morgan fingerprint density at radius 3 is 2.62 bits per heavy atom. The van der Waals surface area contributed by atoms with Crippen LogP contribution in [0.1, 0.15) is 15.9 Å². The van der Waals surface area contributed by atoms with Crippen LogP contribution in [0.2, 0.25) is 5.02 Å². The number of carbonyl (C=O) groups is 1. The van der Waals surface area contributed by atoms with Crippen LogP contribution >= 0.6 is 62.3 Å². The van der Waals surface area contributed by atoms with Gasteiger partial charge in [-0.3, -0.25) is 4.79 Å². The molecule has 21 heavy (non-hydrogen) atoms. The van der Waals surface area contributed by atoms with Crippen LogP contribution in [0.5, 0.6) is 0 Å². The number of amides is 1. The first-order valence-corrected chi connectivity index (χ1v) is 8.40. The number of benzene rings is 2. The first kappa shape index (κ1) is 16.7. The fourth-order valence-corrected chi connectivity index (χ4v) is 2.99. The molecule has 0 fully saturated rings. The van der Waals surface area contributed by atoms with Crippen molar-refractivity contribution in [3.63, 3.8) is 0 Å². The smallest absolute Gasteiger partial charge is 0.256 e. The predicted octanol–water partition coefficient (Wildman–Crippen LogP) is 4.59. The van der Waals surface area contributed by atoms with Crippen LogP contribution in [-0.2, 0) is 0 Å². The normalized spacial score (nSPS) is 10.2. The van der Waals surface area contributed by atoms with Gasteiger partial charge in [0.1, 0.15) is 4.99 Å². The number of carbonyl (C=O) groups excluding carboxylic acids is 1. The molecule has 3 N–H and O–H groups in total. The summed E-state index contributed by atoms with van der Waals surface area (Å²) in [5, 5.41) is 3.32. The molecule has 0 bridgehead atoms. The van der Waals surface area contributed by atoms with Crippen molar-refractivity contribution in [1.82, 2.24) is 0 Å². The van der Waals surface area contributed by atoms with E-state index in [0.29, 0.717) is 21.8 Å². The molecule has 3 nitrogen and oxygen atoms in total. The Kier molecular flexibility index (Phi) is 5.59. The highest BCUT2D eigenvalue weighted by atomic mass is 127. The van der Waals surface area contributed by atoms with Gasteiger partial charge in [-0.25, -0.2) is 0 Å². The van der Waals surface area contributed by atoms with Crippen LogP contribution < -0.4 is 11.1 Å². The van der Waals surface area contributed by atoms with Gasteiger partial charge >= 0.3 is 0 Å². The zero-order chi connectivity index (χ0) is 15.6. The topological polar surface area (TPSA) is 55.1 Å². The minimum Gasteiger partial charge on any atom is -0.389 e. The molecule has 0 saturated heterocycles. The molecule has 2 aromatic rings. The summed E-state index contributed by atoms with van der Waals surface area (Å²) in [5.41, 5.74) is 7.34. The molecule has 0 aliphatic carbocycles. The zero-order valence-corrected chi connectivity index (χ0v) is 15.8. The lowest BCUT2D eigenvalue weighted by molar-refractivity contribution is 0.102. The van der Waals surface area contributed by atoms with Crippen molar-refractivity contribution in [2.45, 2.75) is 0 Å². The molecule has 1 amide bonds. The molecule has 0 spiro atoms. The van der Waals surface area contributed by atoms with Crippen molar-refractivity contribution in [1.29, 1.82) is 0 Å². The van der Waals surface area contributed by atoms with Crippen LogP contribution in [0.25, 0.3) is 0 Å². The van der Waals surface area contributed by atoms with E-state index in [-0.39, 0.29) is 10.9 Å². The van der Waals surface area contributed by atoms with Gasteiger partial charge < -0.3 is 11.1 Å². The molecule has 2 rings (SSSR count). The summed E-state index contributed by atoms with van der Waals surface area (Å²) in [6, 6.07) is 10.5. The van der Waals surface area contributed by atoms with E-state index in [1.807, 2.05) is 6.07 Å². The highest BCUT2D eigenvalue weighted by molar-refractivity contribution is 14.1. The number of nitrogens with one attached hydrogen (secondary N) is 1. The van der Waals surface area contributed by atoms with Gasteiger partial charge in [-0.05, 0) is 59.0 Å². The van der Waals surface area contributed by atoms with E-state index in [4.69, 9.17) is 29.6 Å². The Balaban J connectivity index is 2.38. The van der Waals surface area contributed by atoms with Crippen LogP contribution in [0.15, 0.2) is 40.9 Å². The van der Waals surface area contributed by atoms with E-state index in [2.05, 4.69) is 43.8 Å². The van der Waals surface area contributed by atoms with Crippen LogP contribution in [0.4, 0.5) is 5.69 Å². The highest BCUT2D eigenvalue weighted by Crippen LogP contribution is 2.24. The first-order chi connectivity index (χ1) is 9.88. The van der Waals surface area contributed by atoms with Gasteiger partial charge in [-0.2, -0.15) is 0 Å². The van der Waals surface area contributed by atoms with Crippen LogP contribution in [-0.4, -0.2) is 10.9 Å². The van der Waals surface area contributed by atoms with E-state index < -0.39 is 0 Å². The van der Waals surface area contributed by atoms with Crippen molar-refractivity contribution < 1.29 is 4.79 Å². The monoisotopic (exact) mass is 494 g/mol. The zero-order valence-electron chi connectivity index (χ0n) is 10.5.